The Kier molecular flexibility index (Phi) is 4.84. The zero-order valence-electron chi connectivity index (χ0n) is 16.0. The fourth-order valence-electron chi connectivity index (χ4n) is 4.43. The number of hydrogen-bond acceptors (Lipinski definition) is 4. The minimum absolute atomic E-state index is 0.0834. The summed E-state index contributed by atoms with van der Waals surface area (Å²) in [5, 5.41) is 0. The fourth-order valence-corrected chi connectivity index (χ4v) is 4.43. The first-order valence-corrected chi connectivity index (χ1v) is 9.95. The number of nitrogens with zero attached hydrogens (tertiary/aromatic N) is 2. The molecule has 0 aromatic heterocycles. The highest BCUT2D eigenvalue weighted by atomic mass is 16.6. The maximum absolute atomic E-state index is 12.8. The monoisotopic (exact) mass is 372 g/mol. The number of likely N-dealkylation sites (tertiary alicyclic amines) is 1. The molecule has 4 rings (SSSR count). The van der Waals surface area contributed by atoms with Crippen LogP contribution >= 0.6 is 0 Å². The molecule has 0 aliphatic carbocycles. The Labute approximate surface area is 160 Å². The highest BCUT2D eigenvalue weighted by Gasteiger charge is 2.49. The van der Waals surface area contributed by atoms with Gasteiger partial charge in [-0.3, -0.25) is 4.79 Å². The Morgan fingerprint density at radius 2 is 1.89 bits per heavy atom. The third kappa shape index (κ3) is 3.68. The Hall–Kier alpha value is -2.08. The van der Waals surface area contributed by atoms with E-state index in [-0.39, 0.29) is 12.0 Å². The van der Waals surface area contributed by atoms with E-state index in [2.05, 4.69) is 12.1 Å². The molecule has 1 spiro atoms. The van der Waals surface area contributed by atoms with Gasteiger partial charge < -0.3 is 19.3 Å². The molecule has 3 aliphatic heterocycles. The number of rotatable bonds is 4. The van der Waals surface area contributed by atoms with E-state index in [4.69, 9.17) is 9.47 Å². The molecular weight excluding hydrogens is 344 g/mol. The molecular formula is C21H28N2O4. The second-order valence-electron chi connectivity index (χ2n) is 8.18. The second-order valence-corrected chi connectivity index (χ2v) is 8.18. The Morgan fingerprint density at radius 3 is 2.56 bits per heavy atom. The van der Waals surface area contributed by atoms with Crippen LogP contribution < -0.4 is 0 Å². The van der Waals surface area contributed by atoms with E-state index >= 15 is 0 Å². The summed E-state index contributed by atoms with van der Waals surface area (Å²) in [6, 6.07) is 10.2. The Balaban J connectivity index is 1.32. The van der Waals surface area contributed by atoms with Gasteiger partial charge in [-0.25, -0.2) is 4.79 Å². The van der Waals surface area contributed by atoms with Gasteiger partial charge in [-0.15, -0.1) is 0 Å². The first-order chi connectivity index (χ1) is 13.0. The van der Waals surface area contributed by atoms with E-state index in [9.17, 15) is 9.59 Å². The van der Waals surface area contributed by atoms with Gasteiger partial charge in [0.2, 0.25) is 0 Å². The SMILES string of the molecule is C[C@@]1(C(=O)N2CCC3(CC2)CN(CCc2ccccc2)C(=O)O3)CCCO1. The quantitative estimate of drug-likeness (QED) is 0.815. The van der Waals surface area contributed by atoms with Crippen LogP contribution in [0, 0.1) is 0 Å². The summed E-state index contributed by atoms with van der Waals surface area (Å²) in [6.45, 7) is 5.09. The van der Waals surface area contributed by atoms with Gasteiger partial charge in [0.1, 0.15) is 11.2 Å². The maximum Gasteiger partial charge on any atom is 0.410 e. The van der Waals surface area contributed by atoms with Crippen molar-refractivity contribution in [2.24, 2.45) is 0 Å². The van der Waals surface area contributed by atoms with Gasteiger partial charge in [0, 0.05) is 39.1 Å². The lowest BCUT2D eigenvalue weighted by Gasteiger charge is -2.40. The van der Waals surface area contributed by atoms with Crippen molar-refractivity contribution in [3.63, 3.8) is 0 Å². The molecule has 6 nitrogen and oxygen atoms in total. The van der Waals surface area contributed by atoms with Gasteiger partial charge in [0.15, 0.2) is 0 Å². The normalized spacial score (nSPS) is 27.2. The van der Waals surface area contributed by atoms with Gasteiger partial charge in [-0.05, 0) is 31.7 Å². The minimum Gasteiger partial charge on any atom is -0.441 e. The molecule has 2 amide bonds. The molecule has 0 N–H and O–H groups in total. The van der Waals surface area contributed by atoms with Crippen molar-refractivity contribution in [2.45, 2.75) is 50.2 Å². The van der Waals surface area contributed by atoms with Gasteiger partial charge in [-0.1, -0.05) is 30.3 Å². The molecule has 6 heteroatoms. The predicted molar refractivity (Wildman–Crippen MR) is 100 cm³/mol. The number of ether oxygens (including phenoxy) is 2. The summed E-state index contributed by atoms with van der Waals surface area (Å²) in [5.74, 6) is 0.0834. The van der Waals surface area contributed by atoms with E-state index < -0.39 is 11.2 Å². The molecule has 0 saturated carbocycles. The second kappa shape index (κ2) is 7.15. The first-order valence-electron chi connectivity index (χ1n) is 9.95. The van der Waals surface area contributed by atoms with Crippen LogP contribution in [-0.2, 0) is 20.7 Å². The molecule has 3 fully saturated rings. The number of piperidine rings is 1. The summed E-state index contributed by atoms with van der Waals surface area (Å²) in [6.07, 6.45) is 3.72. The van der Waals surface area contributed by atoms with Gasteiger partial charge >= 0.3 is 6.09 Å². The standard InChI is InChI=1S/C21H28N2O4/c1-20(9-5-15-26-20)18(24)22-13-10-21(11-14-22)16-23(19(25)27-21)12-8-17-6-3-2-4-7-17/h2-4,6-7H,5,8-16H2,1H3/t20-/m0/s1. The molecule has 1 aromatic rings. The molecule has 1 aromatic carbocycles. The topological polar surface area (TPSA) is 59.1 Å². The molecule has 0 unspecified atom stereocenters. The van der Waals surface area contributed by atoms with Crippen molar-refractivity contribution < 1.29 is 19.1 Å². The zero-order chi connectivity index (χ0) is 18.9. The molecule has 0 radical (unpaired) electrons. The molecule has 27 heavy (non-hydrogen) atoms. The van der Waals surface area contributed by atoms with Crippen molar-refractivity contribution >= 4 is 12.0 Å². The lowest BCUT2D eigenvalue weighted by molar-refractivity contribution is -0.154. The van der Waals surface area contributed by atoms with Crippen molar-refractivity contribution in [1.82, 2.24) is 9.80 Å². The number of hydrogen-bond donors (Lipinski definition) is 0. The molecule has 3 aliphatic rings. The number of benzene rings is 1. The van der Waals surface area contributed by atoms with Crippen LogP contribution in [0.1, 0.15) is 38.2 Å². The van der Waals surface area contributed by atoms with Crippen LogP contribution in [-0.4, -0.2) is 65.8 Å². The summed E-state index contributed by atoms with van der Waals surface area (Å²) in [4.78, 5) is 28.8. The fraction of sp³-hybridized carbons (Fsp3) is 0.619. The zero-order valence-corrected chi connectivity index (χ0v) is 16.0. The van der Waals surface area contributed by atoms with Crippen LogP contribution in [0.2, 0.25) is 0 Å². The minimum atomic E-state index is -0.668. The number of carbonyl (C=O) groups excluding carboxylic acids is 2. The molecule has 0 bridgehead atoms. The van der Waals surface area contributed by atoms with Crippen molar-refractivity contribution in [3.05, 3.63) is 35.9 Å². The third-order valence-electron chi connectivity index (χ3n) is 6.19. The van der Waals surface area contributed by atoms with Crippen LogP contribution in [0.5, 0.6) is 0 Å². The Bertz CT molecular complexity index is 691. The lowest BCUT2D eigenvalue weighted by atomic mass is 9.90. The van der Waals surface area contributed by atoms with Gasteiger partial charge in [0.25, 0.3) is 5.91 Å². The highest BCUT2D eigenvalue weighted by Crippen LogP contribution is 2.35. The number of carbonyl (C=O) groups is 2. The van der Waals surface area contributed by atoms with Crippen molar-refractivity contribution in [1.29, 1.82) is 0 Å². The first kappa shape index (κ1) is 18.3. The summed E-state index contributed by atoms with van der Waals surface area (Å²) in [5.41, 5.74) is 0.108. The lowest BCUT2D eigenvalue weighted by Crippen LogP contribution is -2.54. The summed E-state index contributed by atoms with van der Waals surface area (Å²) >= 11 is 0. The molecule has 146 valence electrons. The van der Waals surface area contributed by atoms with E-state index in [1.807, 2.05) is 34.9 Å². The molecule has 3 heterocycles. The molecule has 3 saturated heterocycles. The average Bonchev–Trinajstić information content (AvgIpc) is 3.25. The highest BCUT2D eigenvalue weighted by molar-refractivity contribution is 5.85. The van der Waals surface area contributed by atoms with Crippen LogP contribution in [0.4, 0.5) is 4.79 Å². The van der Waals surface area contributed by atoms with Crippen molar-refractivity contribution in [3.8, 4) is 0 Å². The largest absolute Gasteiger partial charge is 0.441 e. The van der Waals surface area contributed by atoms with Gasteiger partial charge in [-0.2, -0.15) is 0 Å². The Morgan fingerprint density at radius 1 is 1.15 bits per heavy atom. The van der Waals surface area contributed by atoms with Gasteiger partial charge in [0.05, 0.1) is 6.54 Å². The van der Waals surface area contributed by atoms with E-state index in [1.165, 1.54) is 5.56 Å². The van der Waals surface area contributed by atoms with E-state index in [1.54, 1.807) is 0 Å². The number of amides is 2. The third-order valence-corrected chi connectivity index (χ3v) is 6.19. The van der Waals surface area contributed by atoms with Crippen LogP contribution in [0.3, 0.4) is 0 Å². The van der Waals surface area contributed by atoms with Crippen LogP contribution in [0.15, 0.2) is 30.3 Å². The summed E-state index contributed by atoms with van der Waals surface area (Å²) < 4.78 is 11.5. The van der Waals surface area contributed by atoms with Crippen molar-refractivity contribution in [2.75, 3.05) is 32.8 Å². The van der Waals surface area contributed by atoms with E-state index in [0.29, 0.717) is 45.6 Å². The van der Waals surface area contributed by atoms with E-state index in [0.717, 1.165) is 19.3 Å². The predicted octanol–water partition coefficient (Wildman–Crippen LogP) is 2.61. The smallest absolute Gasteiger partial charge is 0.410 e. The maximum atomic E-state index is 12.8. The summed E-state index contributed by atoms with van der Waals surface area (Å²) in [7, 11) is 0. The molecule has 1 atom stereocenters. The van der Waals surface area contributed by atoms with Crippen LogP contribution in [0.25, 0.3) is 0 Å². The average molecular weight is 372 g/mol.